The van der Waals surface area contributed by atoms with Gasteiger partial charge in [0.2, 0.25) is 0 Å². The van der Waals surface area contributed by atoms with Gasteiger partial charge in [0.25, 0.3) is 0 Å². The molecule has 62 heavy (non-hydrogen) atoms. The molecule has 0 unspecified atom stereocenters. The van der Waals surface area contributed by atoms with Crippen LogP contribution in [0.1, 0.15) is 22.3 Å². The second kappa shape index (κ2) is 13.4. The summed E-state index contributed by atoms with van der Waals surface area (Å²) in [6.07, 6.45) is 0. The Balaban J connectivity index is 1.03. The molecular formula is C59H38N2O. The van der Waals surface area contributed by atoms with Crippen molar-refractivity contribution in [2.75, 3.05) is 4.90 Å². The third kappa shape index (κ3) is 4.94. The summed E-state index contributed by atoms with van der Waals surface area (Å²) in [6.45, 7) is 0. The number of nitrogens with zero attached hydrogens (tertiary/aromatic N) is 2. The monoisotopic (exact) mass is 790 g/mol. The van der Waals surface area contributed by atoms with Gasteiger partial charge in [0.05, 0.1) is 16.4 Å². The number of aromatic nitrogens is 1. The van der Waals surface area contributed by atoms with E-state index in [2.05, 4.69) is 240 Å². The molecule has 3 nitrogen and oxygen atoms in total. The lowest BCUT2D eigenvalue weighted by atomic mass is 9.66. The van der Waals surface area contributed by atoms with Gasteiger partial charge in [-0.25, -0.2) is 0 Å². The molecule has 2 aliphatic rings. The fourth-order valence-corrected chi connectivity index (χ4v) is 10.6. The van der Waals surface area contributed by atoms with Crippen molar-refractivity contribution in [3.8, 4) is 39.4 Å². The number of fused-ring (bicyclic) bond motifs is 14. The third-order valence-corrected chi connectivity index (χ3v) is 13.2. The van der Waals surface area contributed by atoms with Gasteiger partial charge >= 0.3 is 0 Å². The molecule has 1 aromatic heterocycles. The second-order valence-corrected chi connectivity index (χ2v) is 16.4. The maximum Gasteiger partial charge on any atom is 0.134 e. The number of hydrogen-bond donors (Lipinski definition) is 0. The SMILES string of the molecule is c1ccc(-c2ccc(N(c3ccccc3)c3ccc(-n4c5cc6c(cc5c5c7ccccc7ccc54)C4(c5ccccc5O6)c5ccccc5-c5ccccc54)cc3)cc2)cc1. The molecule has 0 saturated heterocycles. The van der Waals surface area contributed by atoms with Gasteiger partial charge in [-0.15, -0.1) is 0 Å². The molecule has 0 saturated carbocycles. The predicted octanol–water partition coefficient (Wildman–Crippen LogP) is 15.5. The van der Waals surface area contributed by atoms with Gasteiger partial charge < -0.3 is 14.2 Å². The van der Waals surface area contributed by atoms with E-state index < -0.39 is 5.41 Å². The summed E-state index contributed by atoms with van der Waals surface area (Å²) in [4.78, 5) is 2.33. The number of benzene rings is 10. The van der Waals surface area contributed by atoms with Crippen LogP contribution in [0.4, 0.5) is 17.1 Å². The Kier molecular flexibility index (Phi) is 7.52. The highest BCUT2D eigenvalue weighted by atomic mass is 16.5. The molecule has 1 aliphatic carbocycles. The van der Waals surface area contributed by atoms with E-state index in [1.807, 2.05) is 0 Å². The molecule has 0 amide bonds. The molecule has 0 N–H and O–H groups in total. The highest BCUT2D eigenvalue weighted by Crippen LogP contribution is 2.62. The minimum Gasteiger partial charge on any atom is -0.457 e. The van der Waals surface area contributed by atoms with Gasteiger partial charge in [0.15, 0.2) is 0 Å². The van der Waals surface area contributed by atoms with Crippen LogP contribution in [0.5, 0.6) is 11.5 Å². The molecule has 11 aromatic rings. The highest BCUT2D eigenvalue weighted by molar-refractivity contribution is 6.22. The van der Waals surface area contributed by atoms with Gasteiger partial charge in [0, 0.05) is 50.7 Å². The van der Waals surface area contributed by atoms with Crippen LogP contribution in [0.15, 0.2) is 231 Å². The smallest absolute Gasteiger partial charge is 0.134 e. The van der Waals surface area contributed by atoms with Crippen LogP contribution in [-0.2, 0) is 5.41 Å². The number of ether oxygens (including phenoxy) is 1. The molecular weight excluding hydrogens is 753 g/mol. The number of para-hydroxylation sites is 2. The van der Waals surface area contributed by atoms with Crippen molar-refractivity contribution in [2.45, 2.75) is 5.41 Å². The van der Waals surface area contributed by atoms with Crippen LogP contribution < -0.4 is 9.64 Å². The molecule has 1 aliphatic heterocycles. The average Bonchev–Trinajstić information content (AvgIpc) is 3.83. The Morgan fingerprint density at radius 1 is 0.371 bits per heavy atom. The first-order valence-electron chi connectivity index (χ1n) is 21.3. The Morgan fingerprint density at radius 2 is 0.935 bits per heavy atom. The molecule has 3 heteroatoms. The van der Waals surface area contributed by atoms with E-state index in [-0.39, 0.29) is 0 Å². The molecule has 0 fully saturated rings. The summed E-state index contributed by atoms with van der Waals surface area (Å²) in [5.41, 5.74) is 15.9. The Labute approximate surface area is 360 Å². The third-order valence-electron chi connectivity index (χ3n) is 13.2. The van der Waals surface area contributed by atoms with E-state index in [1.54, 1.807) is 0 Å². The number of hydrogen-bond acceptors (Lipinski definition) is 2. The summed E-state index contributed by atoms with van der Waals surface area (Å²) >= 11 is 0. The zero-order valence-electron chi connectivity index (χ0n) is 33.7. The average molecular weight is 791 g/mol. The lowest BCUT2D eigenvalue weighted by Crippen LogP contribution is -2.32. The summed E-state index contributed by atoms with van der Waals surface area (Å²) in [5, 5.41) is 4.89. The second-order valence-electron chi connectivity index (χ2n) is 16.4. The van der Waals surface area contributed by atoms with Crippen LogP contribution in [0.3, 0.4) is 0 Å². The van der Waals surface area contributed by atoms with E-state index in [1.165, 1.54) is 66.1 Å². The molecule has 290 valence electrons. The lowest BCUT2D eigenvalue weighted by molar-refractivity contribution is 0.437. The molecule has 0 atom stereocenters. The van der Waals surface area contributed by atoms with Crippen molar-refractivity contribution in [3.63, 3.8) is 0 Å². The van der Waals surface area contributed by atoms with E-state index >= 15 is 0 Å². The van der Waals surface area contributed by atoms with Gasteiger partial charge in [-0.1, -0.05) is 158 Å². The minimum atomic E-state index is -0.549. The summed E-state index contributed by atoms with van der Waals surface area (Å²) in [6, 6.07) is 83.7. The van der Waals surface area contributed by atoms with Crippen LogP contribution in [-0.4, -0.2) is 4.57 Å². The summed E-state index contributed by atoms with van der Waals surface area (Å²) in [7, 11) is 0. The van der Waals surface area contributed by atoms with Crippen LogP contribution in [0.25, 0.3) is 60.5 Å². The van der Waals surface area contributed by atoms with Gasteiger partial charge in [-0.05, 0) is 111 Å². The summed E-state index contributed by atoms with van der Waals surface area (Å²) in [5.74, 6) is 1.77. The van der Waals surface area contributed by atoms with Gasteiger partial charge in [0.1, 0.15) is 11.5 Å². The number of rotatable bonds is 5. The van der Waals surface area contributed by atoms with E-state index in [0.29, 0.717) is 0 Å². The van der Waals surface area contributed by atoms with Crippen molar-refractivity contribution in [3.05, 3.63) is 253 Å². The van der Waals surface area contributed by atoms with E-state index in [9.17, 15) is 0 Å². The predicted molar refractivity (Wildman–Crippen MR) is 256 cm³/mol. The van der Waals surface area contributed by atoms with Crippen molar-refractivity contribution in [2.24, 2.45) is 0 Å². The quantitative estimate of drug-likeness (QED) is 0.173. The zero-order valence-corrected chi connectivity index (χ0v) is 33.7. The van der Waals surface area contributed by atoms with Gasteiger partial charge in [-0.2, -0.15) is 0 Å². The van der Waals surface area contributed by atoms with Crippen LogP contribution in [0, 0.1) is 0 Å². The van der Waals surface area contributed by atoms with Crippen molar-refractivity contribution < 1.29 is 4.74 Å². The topological polar surface area (TPSA) is 17.4 Å². The van der Waals surface area contributed by atoms with Crippen molar-refractivity contribution >= 4 is 49.6 Å². The lowest BCUT2D eigenvalue weighted by Gasteiger charge is -2.39. The summed E-state index contributed by atoms with van der Waals surface area (Å²) < 4.78 is 9.47. The van der Waals surface area contributed by atoms with E-state index in [4.69, 9.17) is 4.74 Å². The maximum absolute atomic E-state index is 7.04. The molecule has 1 spiro atoms. The van der Waals surface area contributed by atoms with Crippen LogP contribution >= 0.6 is 0 Å². The fourth-order valence-electron chi connectivity index (χ4n) is 10.6. The first-order chi connectivity index (χ1) is 30.8. The maximum atomic E-state index is 7.04. The first kappa shape index (κ1) is 34.7. The van der Waals surface area contributed by atoms with Gasteiger partial charge in [-0.3, -0.25) is 0 Å². The zero-order chi connectivity index (χ0) is 40.8. The molecule has 0 bridgehead atoms. The van der Waals surface area contributed by atoms with E-state index in [0.717, 1.165) is 45.3 Å². The Bertz CT molecular complexity index is 3490. The largest absolute Gasteiger partial charge is 0.457 e. The normalized spacial score (nSPS) is 13.1. The molecule has 0 radical (unpaired) electrons. The molecule has 10 aromatic carbocycles. The van der Waals surface area contributed by atoms with Crippen molar-refractivity contribution in [1.29, 1.82) is 0 Å². The number of anilines is 3. The first-order valence-corrected chi connectivity index (χ1v) is 21.3. The Morgan fingerprint density at radius 3 is 1.66 bits per heavy atom. The minimum absolute atomic E-state index is 0.549. The van der Waals surface area contributed by atoms with Crippen molar-refractivity contribution in [1.82, 2.24) is 4.57 Å². The highest BCUT2D eigenvalue weighted by Gasteiger charge is 2.51. The van der Waals surface area contributed by atoms with Crippen LogP contribution in [0.2, 0.25) is 0 Å². The molecule has 13 rings (SSSR count). The standard InChI is InChI=1S/C59H38N2O/c1-3-15-39(16-4-1)40-27-30-43(31-28-40)60(42-18-5-2-6-19-42)44-32-34-45(35-33-44)61-54-36-29-41-17-7-8-20-46(41)58(54)49-37-53-57(38-55(49)61)62-56-26-14-13-25-52(56)59(53)50-23-11-9-21-47(50)48-22-10-12-24-51(48)59/h1-38H. The fraction of sp³-hybridized carbons (Fsp3) is 0.0169. The molecule has 2 heterocycles. The Hall–Kier alpha value is -8.14.